The van der Waals surface area contributed by atoms with E-state index >= 15 is 0 Å². The number of hydrogen-bond acceptors (Lipinski definition) is 3. The van der Waals surface area contributed by atoms with Crippen LogP contribution in [0.15, 0.2) is 77.8 Å². The van der Waals surface area contributed by atoms with E-state index < -0.39 is 16.8 Å². The van der Waals surface area contributed by atoms with Crippen molar-refractivity contribution in [3.63, 3.8) is 0 Å². The van der Waals surface area contributed by atoms with E-state index in [4.69, 9.17) is 19.4 Å². The highest BCUT2D eigenvalue weighted by Crippen LogP contribution is 2.54. The topological polar surface area (TPSA) is 73.4 Å². The summed E-state index contributed by atoms with van der Waals surface area (Å²) in [6.45, 7) is 2.25. The highest BCUT2D eigenvalue weighted by atomic mass is 35.5. The lowest BCUT2D eigenvalue weighted by molar-refractivity contribution is -0.140. The number of thioether (sulfide) groups is 1. The first kappa shape index (κ1) is 23.6. The summed E-state index contributed by atoms with van der Waals surface area (Å²) in [5.41, 5.74) is 4.12. The second-order valence-corrected chi connectivity index (χ2v) is 10.7. The summed E-state index contributed by atoms with van der Waals surface area (Å²) in [5.74, 6) is -1.23. The second kappa shape index (κ2) is 9.13. The van der Waals surface area contributed by atoms with Gasteiger partial charge >= 0.3 is 5.97 Å². The van der Waals surface area contributed by atoms with Gasteiger partial charge in [0.25, 0.3) is 0 Å². The third kappa shape index (κ3) is 4.35. The van der Waals surface area contributed by atoms with Crippen molar-refractivity contribution in [2.75, 3.05) is 0 Å². The Morgan fingerprint density at radius 3 is 2.57 bits per heavy atom. The fourth-order valence-corrected chi connectivity index (χ4v) is 6.24. The predicted octanol–water partition coefficient (Wildman–Crippen LogP) is 5.01. The summed E-state index contributed by atoms with van der Waals surface area (Å²) in [7, 11) is 5.84. The van der Waals surface area contributed by atoms with Crippen LogP contribution in [0.1, 0.15) is 29.2 Å². The number of carboxylic acids is 1. The quantitative estimate of drug-likeness (QED) is 0.365. The van der Waals surface area contributed by atoms with Gasteiger partial charge in [-0.1, -0.05) is 65.1 Å². The third-order valence-electron chi connectivity index (χ3n) is 6.47. The number of nitrogens with zero attached hydrogens (tertiary/aromatic N) is 1. The molecule has 174 valence electrons. The molecule has 2 radical (unpaired) electrons. The number of carbonyl (C=O) groups excluding carboxylic acids is 1. The van der Waals surface area contributed by atoms with Crippen LogP contribution in [0.4, 0.5) is 0 Å². The van der Waals surface area contributed by atoms with Crippen LogP contribution < -0.4 is 5.46 Å². The molecule has 1 aliphatic heterocycles. The van der Waals surface area contributed by atoms with Gasteiger partial charge in [-0.2, -0.15) is 0 Å². The van der Waals surface area contributed by atoms with E-state index in [0.717, 1.165) is 32.5 Å². The van der Waals surface area contributed by atoms with Crippen LogP contribution in [0, 0.1) is 6.92 Å². The highest BCUT2D eigenvalue weighted by molar-refractivity contribution is 8.01. The van der Waals surface area contributed by atoms with E-state index in [1.807, 2.05) is 49.4 Å². The molecule has 1 amide bonds. The smallest absolute Gasteiger partial charge is 0.323 e. The minimum absolute atomic E-state index is 0.124. The van der Waals surface area contributed by atoms with Crippen LogP contribution >= 0.6 is 23.4 Å². The Hall–Kier alpha value is -3.16. The number of carbonyl (C=O) groups is 2. The van der Waals surface area contributed by atoms with E-state index in [1.54, 1.807) is 35.4 Å². The van der Waals surface area contributed by atoms with Gasteiger partial charge in [0.1, 0.15) is 7.85 Å². The number of nitrogens with one attached hydrogen (secondary N) is 1. The molecule has 1 aromatic heterocycles. The summed E-state index contributed by atoms with van der Waals surface area (Å²) in [6, 6.07) is 19.7. The number of aromatic amines is 1. The summed E-state index contributed by atoms with van der Waals surface area (Å²) >= 11 is 7.43. The first-order valence-corrected chi connectivity index (χ1v) is 12.4. The zero-order valence-corrected chi connectivity index (χ0v) is 20.6. The Morgan fingerprint density at radius 2 is 1.89 bits per heavy atom. The Labute approximate surface area is 213 Å². The lowest BCUT2D eigenvalue weighted by Crippen LogP contribution is -2.41. The molecule has 1 aliphatic rings. The van der Waals surface area contributed by atoms with Crippen LogP contribution in [-0.2, 0) is 16.1 Å². The van der Waals surface area contributed by atoms with Gasteiger partial charge in [0, 0.05) is 39.1 Å². The second-order valence-electron chi connectivity index (χ2n) is 8.89. The molecule has 3 aromatic carbocycles. The number of H-pyrrole nitrogens is 1. The lowest BCUT2D eigenvalue weighted by Gasteiger charge is -2.34. The van der Waals surface area contributed by atoms with Gasteiger partial charge in [-0.25, -0.2) is 0 Å². The first-order chi connectivity index (χ1) is 16.8. The summed E-state index contributed by atoms with van der Waals surface area (Å²) in [5, 5.41) is 12.1. The number of benzene rings is 3. The predicted molar refractivity (Wildman–Crippen MR) is 140 cm³/mol. The van der Waals surface area contributed by atoms with Crippen LogP contribution in [-0.4, -0.2) is 39.5 Å². The van der Waals surface area contributed by atoms with Crippen LogP contribution in [0.25, 0.3) is 10.9 Å². The fraction of sp³-hybridized carbons (Fsp3) is 0.185. The number of aromatic nitrogens is 1. The molecule has 0 aliphatic carbocycles. The standard InChI is InChI=1S/C27H22BClN2O3S/c1-16-2-9-20(10-3-16)35-27(26(33)34)13-24(32)31(15-17-4-6-18(28)7-5-17)25(27)22-14-30-23-12-19(29)8-11-21(22)23/h2-12,14,25,30H,13,15H2,1H3,(H,33,34)/t25-,27-/m0/s1. The van der Waals surface area contributed by atoms with Crippen molar-refractivity contribution < 1.29 is 14.7 Å². The van der Waals surface area contributed by atoms with E-state index in [0.29, 0.717) is 10.5 Å². The Balaban J connectivity index is 1.66. The molecule has 2 heterocycles. The Morgan fingerprint density at radius 1 is 1.17 bits per heavy atom. The van der Waals surface area contributed by atoms with Gasteiger partial charge in [-0.3, -0.25) is 9.59 Å². The Bertz CT molecular complexity index is 1420. The van der Waals surface area contributed by atoms with Gasteiger partial charge in [0.2, 0.25) is 5.91 Å². The van der Waals surface area contributed by atoms with Crippen LogP contribution in [0.3, 0.4) is 0 Å². The number of rotatable bonds is 6. The van der Waals surface area contributed by atoms with Crippen molar-refractivity contribution in [2.45, 2.75) is 35.6 Å². The zero-order chi connectivity index (χ0) is 24.7. The van der Waals surface area contributed by atoms with Crippen molar-refractivity contribution >= 4 is 59.5 Å². The van der Waals surface area contributed by atoms with Crippen molar-refractivity contribution in [1.82, 2.24) is 9.88 Å². The molecule has 2 N–H and O–H groups in total. The van der Waals surface area contributed by atoms with E-state index in [-0.39, 0.29) is 18.9 Å². The SMILES string of the molecule is [B]c1ccc(CN2C(=O)C[C@@](Sc3ccc(C)cc3)(C(=O)O)[C@@H]2c2c[nH]c3cc(Cl)ccc23)cc1. The first-order valence-electron chi connectivity index (χ1n) is 11.2. The fourth-order valence-electron chi connectivity index (χ4n) is 4.73. The molecule has 0 bridgehead atoms. The van der Waals surface area contributed by atoms with Gasteiger partial charge in [0.15, 0.2) is 4.75 Å². The monoisotopic (exact) mass is 500 g/mol. The van der Waals surface area contributed by atoms with Crippen molar-refractivity contribution in [3.8, 4) is 0 Å². The summed E-state index contributed by atoms with van der Waals surface area (Å²) in [4.78, 5) is 32.2. The molecule has 1 fully saturated rings. The number of amides is 1. The molecular formula is C27H22BClN2O3S. The molecule has 0 spiro atoms. The zero-order valence-electron chi connectivity index (χ0n) is 19.0. The average molecular weight is 501 g/mol. The minimum atomic E-state index is -1.42. The van der Waals surface area contributed by atoms with Crippen molar-refractivity contribution in [2.24, 2.45) is 0 Å². The molecule has 5 rings (SSSR count). The molecule has 0 saturated carbocycles. The Kier molecular flexibility index (Phi) is 6.15. The molecular weight excluding hydrogens is 479 g/mol. The maximum absolute atomic E-state index is 13.5. The van der Waals surface area contributed by atoms with Gasteiger partial charge in [-0.15, -0.1) is 11.8 Å². The minimum Gasteiger partial charge on any atom is -0.480 e. The lowest BCUT2D eigenvalue weighted by atomic mass is 9.91. The van der Waals surface area contributed by atoms with Gasteiger partial charge < -0.3 is 15.0 Å². The molecule has 2 atom stereocenters. The number of aliphatic carboxylic acids is 1. The normalized spacial score (nSPS) is 20.0. The van der Waals surface area contributed by atoms with Crippen LogP contribution in [0.2, 0.25) is 5.02 Å². The van der Waals surface area contributed by atoms with Gasteiger partial charge in [0.05, 0.1) is 12.5 Å². The molecule has 4 aromatic rings. The van der Waals surface area contributed by atoms with E-state index in [2.05, 4.69) is 4.98 Å². The molecule has 5 nitrogen and oxygen atoms in total. The number of likely N-dealkylation sites (tertiary alicyclic amines) is 1. The number of halogens is 1. The number of hydrogen-bond donors (Lipinski definition) is 2. The average Bonchev–Trinajstić information content (AvgIpc) is 3.35. The highest BCUT2D eigenvalue weighted by Gasteiger charge is 2.59. The maximum Gasteiger partial charge on any atom is 0.323 e. The molecule has 8 heteroatoms. The molecule has 35 heavy (non-hydrogen) atoms. The largest absolute Gasteiger partial charge is 0.480 e. The number of fused-ring (bicyclic) bond motifs is 1. The summed E-state index contributed by atoms with van der Waals surface area (Å²) in [6.07, 6.45) is 1.68. The molecule has 1 saturated heterocycles. The van der Waals surface area contributed by atoms with Crippen molar-refractivity contribution in [3.05, 3.63) is 94.6 Å². The third-order valence-corrected chi connectivity index (χ3v) is 8.12. The van der Waals surface area contributed by atoms with E-state index in [1.165, 1.54) is 11.8 Å². The van der Waals surface area contributed by atoms with Gasteiger partial charge in [-0.05, 0) is 36.8 Å². The maximum atomic E-state index is 13.5. The summed E-state index contributed by atoms with van der Waals surface area (Å²) < 4.78 is -1.42. The number of carboxylic acid groups (broad SMARTS) is 1. The van der Waals surface area contributed by atoms with Crippen molar-refractivity contribution in [1.29, 1.82) is 0 Å². The van der Waals surface area contributed by atoms with E-state index in [9.17, 15) is 14.7 Å². The van der Waals surface area contributed by atoms with Crippen LogP contribution in [0.5, 0.6) is 0 Å². The number of aryl methyl sites for hydroxylation is 1. The molecule has 0 unspecified atom stereocenters.